The molecule has 0 bridgehead atoms. The monoisotopic (exact) mass is 259 g/mol. The van der Waals surface area contributed by atoms with E-state index in [9.17, 15) is 4.39 Å². The largest absolute Gasteiger partial charge is 0.330 e. The fourth-order valence-electron chi connectivity index (χ4n) is 2.76. The third kappa shape index (κ3) is 2.28. The fourth-order valence-corrected chi connectivity index (χ4v) is 2.76. The molecule has 2 N–H and O–H groups in total. The first-order valence-corrected chi connectivity index (χ1v) is 6.79. The van der Waals surface area contributed by atoms with Gasteiger partial charge in [0.1, 0.15) is 5.82 Å². The van der Waals surface area contributed by atoms with Gasteiger partial charge in [-0.25, -0.2) is 9.37 Å². The van der Waals surface area contributed by atoms with Crippen LogP contribution in [0.25, 0.3) is 0 Å². The van der Waals surface area contributed by atoms with E-state index in [2.05, 4.69) is 9.55 Å². The molecule has 0 unspecified atom stereocenters. The predicted molar refractivity (Wildman–Crippen MR) is 72.3 cm³/mol. The number of rotatable bonds is 3. The van der Waals surface area contributed by atoms with Gasteiger partial charge in [0.15, 0.2) is 0 Å². The molecule has 3 nitrogen and oxygen atoms in total. The molecule has 1 heterocycles. The summed E-state index contributed by atoms with van der Waals surface area (Å²) in [7, 11) is 0. The highest BCUT2D eigenvalue weighted by atomic mass is 19.1. The number of hydrogen-bond acceptors (Lipinski definition) is 2. The van der Waals surface area contributed by atoms with Gasteiger partial charge in [-0.15, -0.1) is 0 Å². The fraction of sp³-hybridized carbons (Fsp3) is 0.400. The first-order chi connectivity index (χ1) is 9.29. The van der Waals surface area contributed by atoms with Gasteiger partial charge in [0, 0.05) is 23.4 Å². The molecular formula is C15H18FN3. The number of aryl methyl sites for hydroxylation is 1. The van der Waals surface area contributed by atoms with Gasteiger partial charge in [-0.3, -0.25) is 0 Å². The second-order valence-electron chi connectivity index (χ2n) is 5.07. The molecule has 100 valence electrons. The maximum Gasteiger partial charge on any atom is 0.132 e. The quantitative estimate of drug-likeness (QED) is 0.920. The average Bonchev–Trinajstić information content (AvgIpc) is 2.85. The first kappa shape index (κ1) is 12.4. The van der Waals surface area contributed by atoms with Gasteiger partial charge in [-0.1, -0.05) is 18.2 Å². The van der Waals surface area contributed by atoms with Crippen molar-refractivity contribution in [3.8, 4) is 0 Å². The van der Waals surface area contributed by atoms with Crippen LogP contribution in [-0.4, -0.2) is 9.55 Å². The molecule has 1 aromatic carbocycles. The zero-order chi connectivity index (χ0) is 13.2. The van der Waals surface area contributed by atoms with Crippen molar-refractivity contribution in [2.24, 2.45) is 5.73 Å². The molecule has 0 atom stereocenters. The summed E-state index contributed by atoms with van der Waals surface area (Å²) >= 11 is 0. The number of imidazole rings is 1. The van der Waals surface area contributed by atoms with E-state index < -0.39 is 0 Å². The molecule has 1 aliphatic rings. The van der Waals surface area contributed by atoms with Gasteiger partial charge in [0.2, 0.25) is 0 Å². The molecule has 1 aromatic heterocycles. The van der Waals surface area contributed by atoms with Crippen LogP contribution in [0.4, 0.5) is 4.39 Å². The molecule has 0 spiro atoms. The predicted octanol–water partition coefficient (Wildman–Crippen LogP) is 2.41. The van der Waals surface area contributed by atoms with E-state index in [4.69, 9.17) is 5.73 Å². The third-order valence-electron chi connectivity index (χ3n) is 3.83. The SMILES string of the molecule is NCc1cccc(Cn2cnc3c2CCCC3)c1F. The van der Waals surface area contributed by atoms with Crippen LogP contribution >= 0.6 is 0 Å². The average molecular weight is 259 g/mol. The number of benzene rings is 1. The minimum atomic E-state index is -0.178. The van der Waals surface area contributed by atoms with Crippen LogP contribution in [0.1, 0.15) is 35.4 Å². The molecule has 0 saturated carbocycles. The lowest BCUT2D eigenvalue weighted by Gasteiger charge is -2.15. The Labute approximate surface area is 112 Å². The van der Waals surface area contributed by atoms with Crippen molar-refractivity contribution in [3.63, 3.8) is 0 Å². The molecule has 0 aliphatic heterocycles. The van der Waals surface area contributed by atoms with Crippen LogP contribution in [0.2, 0.25) is 0 Å². The number of halogens is 1. The topological polar surface area (TPSA) is 43.8 Å². The molecule has 19 heavy (non-hydrogen) atoms. The normalized spacial score (nSPS) is 14.4. The second kappa shape index (κ2) is 5.13. The van der Waals surface area contributed by atoms with Crippen LogP contribution in [0.15, 0.2) is 24.5 Å². The number of aromatic nitrogens is 2. The summed E-state index contributed by atoms with van der Waals surface area (Å²) in [4.78, 5) is 4.44. The summed E-state index contributed by atoms with van der Waals surface area (Å²) < 4.78 is 16.3. The molecular weight excluding hydrogens is 241 g/mol. The van der Waals surface area contributed by atoms with Gasteiger partial charge in [-0.05, 0) is 25.7 Å². The number of fused-ring (bicyclic) bond motifs is 1. The summed E-state index contributed by atoms with van der Waals surface area (Å²) in [6, 6.07) is 5.43. The molecule has 1 aliphatic carbocycles. The summed E-state index contributed by atoms with van der Waals surface area (Å²) in [5.74, 6) is -0.178. The Balaban J connectivity index is 1.91. The molecule has 3 rings (SSSR count). The van der Waals surface area contributed by atoms with Crippen molar-refractivity contribution < 1.29 is 4.39 Å². The maximum atomic E-state index is 14.2. The van der Waals surface area contributed by atoms with Crippen LogP contribution in [-0.2, 0) is 25.9 Å². The highest BCUT2D eigenvalue weighted by Crippen LogP contribution is 2.22. The van der Waals surface area contributed by atoms with Crippen molar-refractivity contribution in [1.82, 2.24) is 9.55 Å². The van der Waals surface area contributed by atoms with E-state index in [1.54, 1.807) is 6.07 Å². The Morgan fingerprint density at radius 1 is 1.21 bits per heavy atom. The molecule has 0 fully saturated rings. The van der Waals surface area contributed by atoms with Crippen molar-refractivity contribution in [3.05, 3.63) is 52.9 Å². The van der Waals surface area contributed by atoms with Crippen molar-refractivity contribution in [1.29, 1.82) is 0 Å². The summed E-state index contributed by atoms with van der Waals surface area (Å²) in [5.41, 5.74) is 9.26. The number of nitrogens with two attached hydrogens (primary N) is 1. The number of hydrogen-bond donors (Lipinski definition) is 1. The Morgan fingerprint density at radius 3 is 2.84 bits per heavy atom. The Morgan fingerprint density at radius 2 is 2.00 bits per heavy atom. The van der Waals surface area contributed by atoms with E-state index in [-0.39, 0.29) is 12.4 Å². The van der Waals surface area contributed by atoms with E-state index in [0.29, 0.717) is 17.7 Å². The minimum absolute atomic E-state index is 0.178. The molecule has 4 heteroatoms. The van der Waals surface area contributed by atoms with Crippen molar-refractivity contribution in [2.75, 3.05) is 0 Å². The van der Waals surface area contributed by atoms with Gasteiger partial charge >= 0.3 is 0 Å². The Hall–Kier alpha value is -1.68. The highest BCUT2D eigenvalue weighted by Gasteiger charge is 2.16. The Kier molecular flexibility index (Phi) is 3.34. The van der Waals surface area contributed by atoms with Gasteiger partial charge < -0.3 is 10.3 Å². The van der Waals surface area contributed by atoms with E-state index in [1.165, 1.54) is 24.2 Å². The number of nitrogens with zero attached hydrogens (tertiary/aromatic N) is 2. The molecule has 0 radical (unpaired) electrons. The van der Waals surface area contributed by atoms with Gasteiger partial charge in [0.05, 0.1) is 18.6 Å². The maximum absolute atomic E-state index is 14.2. The lowest BCUT2D eigenvalue weighted by atomic mass is 10.0. The van der Waals surface area contributed by atoms with Crippen molar-refractivity contribution >= 4 is 0 Å². The smallest absolute Gasteiger partial charge is 0.132 e. The van der Waals surface area contributed by atoms with Crippen LogP contribution in [0, 0.1) is 5.82 Å². The van der Waals surface area contributed by atoms with Gasteiger partial charge in [-0.2, -0.15) is 0 Å². The zero-order valence-corrected chi connectivity index (χ0v) is 10.9. The van der Waals surface area contributed by atoms with Gasteiger partial charge in [0.25, 0.3) is 0 Å². The third-order valence-corrected chi connectivity index (χ3v) is 3.83. The molecule has 0 amide bonds. The summed E-state index contributed by atoms with van der Waals surface area (Å²) in [5, 5.41) is 0. The van der Waals surface area contributed by atoms with Crippen LogP contribution in [0.3, 0.4) is 0 Å². The van der Waals surface area contributed by atoms with Crippen LogP contribution in [0.5, 0.6) is 0 Å². The van der Waals surface area contributed by atoms with Crippen LogP contribution < -0.4 is 5.73 Å². The first-order valence-electron chi connectivity index (χ1n) is 6.79. The highest BCUT2D eigenvalue weighted by molar-refractivity contribution is 5.27. The lowest BCUT2D eigenvalue weighted by Crippen LogP contribution is -2.11. The second-order valence-corrected chi connectivity index (χ2v) is 5.07. The molecule has 0 saturated heterocycles. The van der Waals surface area contributed by atoms with E-state index in [1.807, 2.05) is 18.5 Å². The van der Waals surface area contributed by atoms with E-state index >= 15 is 0 Å². The zero-order valence-electron chi connectivity index (χ0n) is 10.9. The van der Waals surface area contributed by atoms with E-state index in [0.717, 1.165) is 12.8 Å². The van der Waals surface area contributed by atoms with Crippen molar-refractivity contribution in [2.45, 2.75) is 38.8 Å². The summed E-state index contributed by atoms with van der Waals surface area (Å²) in [6.07, 6.45) is 6.34. The standard InChI is InChI=1S/C15H18FN3/c16-15-11(8-17)4-3-5-12(15)9-19-10-18-13-6-1-2-7-14(13)19/h3-5,10H,1-2,6-9,17H2. The lowest BCUT2D eigenvalue weighted by molar-refractivity contribution is 0.574. The molecule has 2 aromatic rings. The minimum Gasteiger partial charge on any atom is -0.330 e. The Bertz CT molecular complexity index is 589. The summed E-state index contributed by atoms with van der Waals surface area (Å²) in [6.45, 7) is 0.781.